The molecule has 0 bridgehead atoms. The zero-order valence-corrected chi connectivity index (χ0v) is 6.57. The molecule has 0 aliphatic heterocycles. The monoisotopic (exact) mass is 155 g/mol. The smallest absolute Gasteiger partial charge is 0.253 e. The van der Waals surface area contributed by atoms with Crippen molar-refractivity contribution >= 4 is 0 Å². The summed E-state index contributed by atoms with van der Waals surface area (Å²) < 4.78 is 12.8. The van der Waals surface area contributed by atoms with Crippen molar-refractivity contribution in [2.24, 2.45) is 0 Å². The van der Waals surface area contributed by atoms with E-state index >= 15 is 0 Å². The van der Waals surface area contributed by atoms with Gasteiger partial charge in [0.15, 0.2) is 5.95 Å². The number of aromatic nitrogens is 1. The molecular formula is C8H10FNO. The molecule has 60 valence electrons. The minimum absolute atomic E-state index is 0.347. The van der Waals surface area contributed by atoms with Crippen LogP contribution in [0.3, 0.4) is 0 Å². The number of hydrogen-bond donors (Lipinski definition) is 1. The van der Waals surface area contributed by atoms with Gasteiger partial charge in [0.1, 0.15) is 0 Å². The zero-order chi connectivity index (χ0) is 8.43. The molecule has 0 saturated heterocycles. The summed E-state index contributed by atoms with van der Waals surface area (Å²) in [6.07, 6.45) is 0.601. The molecule has 11 heavy (non-hydrogen) atoms. The Morgan fingerprint density at radius 1 is 1.64 bits per heavy atom. The number of aromatic amines is 1. The summed E-state index contributed by atoms with van der Waals surface area (Å²) in [4.78, 5) is 12.9. The number of nitrogens with one attached hydrogen (secondary N) is 1. The molecule has 0 spiro atoms. The molecule has 1 N–H and O–H groups in total. The fraction of sp³-hybridized carbons (Fsp3) is 0.375. The molecule has 0 saturated carbocycles. The van der Waals surface area contributed by atoms with E-state index < -0.39 is 5.95 Å². The number of hydrogen-bond acceptors (Lipinski definition) is 1. The first-order valence-corrected chi connectivity index (χ1v) is 3.53. The summed E-state index contributed by atoms with van der Waals surface area (Å²) in [6, 6.07) is 1.58. The second kappa shape index (κ2) is 2.86. The maximum absolute atomic E-state index is 12.8. The van der Waals surface area contributed by atoms with Crippen LogP contribution >= 0.6 is 0 Å². The van der Waals surface area contributed by atoms with Crippen LogP contribution in [-0.4, -0.2) is 4.98 Å². The Morgan fingerprint density at radius 2 is 2.27 bits per heavy atom. The molecule has 2 nitrogen and oxygen atoms in total. The number of halogens is 1. The second-order valence-electron chi connectivity index (χ2n) is 2.47. The molecule has 0 aromatic carbocycles. The Hall–Kier alpha value is -1.12. The number of rotatable bonds is 1. The molecule has 0 aliphatic rings. The standard InChI is InChI=1S/C8H10FNO/c1-3-6-4-5(2)8(11)10-7(6)9/h4H,3H2,1-2H3,(H,10,11). The molecule has 1 aromatic heterocycles. The lowest BCUT2D eigenvalue weighted by Gasteiger charge is -1.98. The zero-order valence-electron chi connectivity index (χ0n) is 6.57. The third-order valence-corrected chi connectivity index (χ3v) is 1.63. The van der Waals surface area contributed by atoms with Crippen molar-refractivity contribution in [3.8, 4) is 0 Å². The normalized spacial score (nSPS) is 10.1. The van der Waals surface area contributed by atoms with Crippen molar-refractivity contribution in [2.45, 2.75) is 20.3 Å². The maximum Gasteiger partial charge on any atom is 0.253 e. The Labute approximate surface area is 64.1 Å². The van der Waals surface area contributed by atoms with Crippen LogP contribution in [0.2, 0.25) is 0 Å². The van der Waals surface area contributed by atoms with Gasteiger partial charge in [-0.25, -0.2) is 0 Å². The Kier molecular flexibility index (Phi) is 2.08. The summed E-state index contributed by atoms with van der Waals surface area (Å²) in [7, 11) is 0. The third kappa shape index (κ3) is 1.48. The molecule has 0 amide bonds. The minimum atomic E-state index is -0.511. The van der Waals surface area contributed by atoms with Crippen LogP contribution in [-0.2, 0) is 6.42 Å². The van der Waals surface area contributed by atoms with Gasteiger partial charge in [-0.1, -0.05) is 6.92 Å². The highest BCUT2D eigenvalue weighted by Crippen LogP contribution is 2.03. The number of pyridine rings is 1. The highest BCUT2D eigenvalue weighted by Gasteiger charge is 2.02. The average molecular weight is 155 g/mol. The SMILES string of the molecule is CCc1cc(C)c(=O)[nH]c1F. The summed E-state index contributed by atoms with van der Waals surface area (Å²) in [5.41, 5.74) is 0.769. The lowest BCUT2D eigenvalue weighted by Crippen LogP contribution is -2.12. The fourth-order valence-corrected chi connectivity index (χ4v) is 0.926. The Bertz CT molecular complexity index is 316. The minimum Gasteiger partial charge on any atom is -0.298 e. The average Bonchev–Trinajstić information content (AvgIpc) is 1.97. The van der Waals surface area contributed by atoms with Gasteiger partial charge in [0.2, 0.25) is 0 Å². The summed E-state index contributed by atoms with van der Waals surface area (Å²) in [5, 5.41) is 0. The van der Waals surface area contributed by atoms with Crippen molar-refractivity contribution in [1.82, 2.24) is 4.98 Å². The van der Waals surface area contributed by atoms with Gasteiger partial charge >= 0.3 is 0 Å². The first-order chi connectivity index (χ1) is 5.15. The first kappa shape index (κ1) is 7.98. The van der Waals surface area contributed by atoms with Crippen molar-refractivity contribution in [1.29, 1.82) is 0 Å². The molecule has 1 rings (SSSR count). The van der Waals surface area contributed by atoms with Crippen LogP contribution in [0, 0.1) is 12.9 Å². The van der Waals surface area contributed by atoms with E-state index in [2.05, 4.69) is 4.98 Å². The lowest BCUT2D eigenvalue weighted by molar-refractivity contribution is 0.563. The van der Waals surface area contributed by atoms with E-state index in [4.69, 9.17) is 0 Å². The van der Waals surface area contributed by atoms with Gasteiger partial charge in [-0.3, -0.25) is 9.78 Å². The van der Waals surface area contributed by atoms with Crippen LogP contribution in [0.25, 0.3) is 0 Å². The summed E-state index contributed by atoms with van der Waals surface area (Å²) in [5.74, 6) is -0.511. The van der Waals surface area contributed by atoms with Crippen LogP contribution in [0.4, 0.5) is 4.39 Å². The molecule has 0 fully saturated rings. The molecule has 0 radical (unpaired) electrons. The largest absolute Gasteiger partial charge is 0.298 e. The van der Waals surface area contributed by atoms with E-state index in [1.807, 2.05) is 6.92 Å². The summed E-state index contributed by atoms with van der Waals surface area (Å²) in [6.45, 7) is 3.51. The van der Waals surface area contributed by atoms with Gasteiger partial charge in [0.25, 0.3) is 5.56 Å². The third-order valence-electron chi connectivity index (χ3n) is 1.63. The number of aryl methyl sites for hydroxylation is 2. The van der Waals surface area contributed by atoms with Crippen LogP contribution in [0.5, 0.6) is 0 Å². The van der Waals surface area contributed by atoms with Gasteiger partial charge < -0.3 is 0 Å². The molecule has 0 unspecified atom stereocenters. The highest BCUT2D eigenvalue weighted by atomic mass is 19.1. The van der Waals surface area contributed by atoms with E-state index in [0.717, 1.165) is 0 Å². The van der Waals surface area contributed by atoms with Gasteiger partial charge in [0.05, 0.1) is 0 Å². The molecule has 3 heteroatoms. The van der Waals surface area contributed by atoms with E-state index in [1.54, 1.807) is 13.0 Å². The predicted molar refractivity (Wildman–Crippen MR) is 41.1 cm³/mol. The Morgan fingerprint density at radius 3 is 2.82 bits per heavy atom. The molecule has 1 aromatic rings. The van der Waals surface area contributed by atoms with Crippen LogP contribution < -0.4 is 5.56 Å². The van der Waals surface area contributed by atoms with Crippen LogP contribution in [0.15, 0.2) is 10.9 Å². The fourth-order valence-electron chi connectivity index (χ4n) is 0.926. The molecule has 0 atom stereocenters. The van der Waals surface area contributed by atoms with Crippen molar-refractivity contribution < 1.29 is 4.39 Å². The molecular weight excluding hydrogens is 145 g/mol. The van der Waals surface area contributed by atoms with E-state index in [1.165, 1.54) is 0 Å². The highest BCUT2D eigenvalue weighted by molar-refractivity contribution is 5.17. The van der Waals surface area contributed by atoms with Gasteiger partial charge in [-0.15, -0.1) is 0 Å². The first-order valence-electron chi connectivity index (χ1n) is 3.53. The maximum atomic E-state index is 12.8. The van der Waals surface area contributed by atoms with Crippen LogP contribution in [0.1, 0.15) is 18.1 Å². The predicted octanol–water partition coefficient (Wildman–Crippen LogP) is 1.38. The number of H-pyrrole nitrogens is 1. The van der Waals surface area contributed by atoms with E-state index in [0.29, 0.717) is 17.5 Å². The van der Waals surface area contributed by atoms with E-state index in [9.17, 15) is 9.18 Å². The van der Waals surface area contributed by atoms with Gasteiger partial charge in [-0.2, -0.15) is 4.39 Å². The summed E-state index contributed by atoms with van der Waals surface area (Å²) >= 11 is 0. The van der Waals surface area contributed by atoms with Crippen molar-refractivity contribution in [3.05, 3.63) is 33.5 Å². The Balaban J connectivity index is 3.32. The van der Waals surface area contributed by atoms with Gasteiger partial charge in [-0.05, 0) is 19.4 Å². The van der Waals surface area contributed by atoms with Crippen molar-refractivity contribution in [3.63, 3.8) is 0 Å². The second-order valence-corrected chi connectivity index (χ2v) is 2.47. The molecule has 1 heterocycles. The quantitative estimate of drug-likeness (QED) is 0.610. The lowest BCUT2D eigenvalue weighted by atomic mass is 10.2. The van der Waals surface area contributed by atoms with E-state index in [-0.39, 0.29) is 5.56 Å². The molecule has 0 aliphatic carbocycles. The van der Waals surface area contributed by atoms with Gasteiger partial charge in [0, 0.05) is 11.1 Å². The van der Waals surface area contributed by atoms with Crippen molar-refractivity contribution in [2.75, 3.05) is 0 Å². The topological polar surface area (TPSA) is 32.9 Å².